The number of aryl methyl sites for hydroxylation is 2. The minimum absolute atomic E-state index is 0.0498. The van der Waals surface area contributed by atoms with Crippen LogP contribution in [-0.4, -0.2) is 16.1 Å². The first-order chi connectivity index (χ1) is 18.1. The van der Waals surface area contributed by atoms with Crippen LogP contribution in [0, 0.1) is 6.92 Å². The Morgan fingerprint density at radius 2 is 1.62 bits per heavy atom. The molecule has 0 unspecified atom stereocenters. The van der Waals surface area contributed by atoms with Crippen molar-refractivity contribution in [3.63, 3.8) is 0 Å². The van der Waals surface area contributed by atoms with E-state index in [0.29, 0.717) is 31.3 Å². The predicted octanol–water partition coefficient (Wildman–Crippen LogP) is 6.98. The van der Waals surface area contributed by atoms with Gasteiger partial charge in [-0.1, -0.05) is 60.7 Å². The minimum atomic E-state index is -0.827. The average Bonchev–Trinajstić information content (AvgIpc) is 3.31. The van der Waals surface area contributed by atoms with Crippen LogP contribution in [0.25, 0.3) is 22.2 Å². The number of carboxylic acids is 1. The molecule has 1 N–H and O–H groups in total. The number of nitrogens with zero attached hydrogens (tertiary/aromatic N) is 1. The summed E-state index contributed by atoms with van der Waals surface area (Å²) in [6.07, 6.45) is 0.459. The summed E-state index contributed by atoms with van der Waals surface area (Å²) in [5.74, 6) is 1.92. The number of carboxylic acid groups (broad SMARTS) is 1. The third-order valence-electron chi connectivity index (χ3n) is 6.19. The van der Waals surface area contributed by atoms with E-state index in [4.69, 9.17) is 13.9 Å². The molecule has 0 aliphatic carbocycles. The molecular formula is C31H27NO5. The fourth-order valence-corrected chi connectivity index (χ4v) is 4.20. The molecule has 0 saturated carbocycles. The van der Waals surface area contributed by atoms with E-state index in [0.717, 1.165) is 44.7 Å². The van der Waals surface area contributed by atoms with E-state index in [1.54, 1.807) is 0 Å². The lowest BCUT2D eigenvalue weighted by Gasteiger charge is -2.14. The Hall–Kier alpha value is -4.58. The number of carbonyl (C=O) groups is 1. The van der Waals surface area contributed by atoms with Gasteiger partial charge in [0.25, 0.3) is 0 Å². The van der Waals surface area contributed by atoms with Gasteiger partial charge in [-0.3, -0.25) is 4.79 Å². The van der Waals surface area contributed by atoms with Crippen LogP contribution in [0.1, 0.15) is 29.0 Å². The number of fused-ring (bicyclic) bond motifs is 1. The van der Waals surface area contributed by atoms with E-state index in [1.807, 2.05) is 97.9 Å². The van der Waals surface area contributed by atoms with Gasteiger partial charge in [0.05, 0.1) is 0 Å². The molecule has 0 saturated heterocycles. The molecule has 4 aromatic carbocycles. The molecule has 0 aliphatic rings. The molecule has 0 radical (unpaired) electrons. The number of rotatable bonds is 10. The van der Waals surface area contributed by atoms with Gasteiger partial charge in [0, 0.05) is 17.5 Å². The van der Waals surface area contributed by atoms with E-state index in [-0.39, 0.29) is 6.42 Å². The molecule has 0 bridgehead atoms. The lowest BCUT2D eigenvalue weighted by molar-refractivity contribution is -0.136. The zero-order chi connectivity index (χ0) is 25.6. The summed E-state index contributed by atoms with van der Waals surface area (Å²) >= 11 is 0. The molecule has 5 aromatic rings. The Balaban J connectivity index is 1.23. The summed E-state index contributed by atoms with van der Waals surface area (Å²) in [5.41, 5.74) is 3.59. The minimum Gasteiger partial charge on any atom is -0.489 e. The highest BCUT2D eigenvalue weighted by Gasteiger charge is 2.13. The topological polar surface area (TPSA) is 81.8 Å². The van der Waals surface area contributed by atoms with Crippen LogP contribution in [0.15, 0.2) is 95.4 Å². The van der Waals surface area contributed by atoms with Gasteiger partial charge in [-0.25, -0.2) is 4.98 Å². The highest BCUT2D eigenvalue weighted by molar-refractivity contribution is 5.88. The van der Waals surface area contributed by atoms with Gasteiger partial charge in [0.1, 0.15) is 36.2 Å². The molecule has 0 spiro atoms. The van der Waals surface area contributed by atoms with Crippen LogP contribution in [0.2, 0.25) is 0 Å². The Bertz CT molecular complexity index is 1510. The van der Waals surface area contributed by atoms with Crippen LogP contribution in [0.5, 0.6) is 11.5 Å². The van der Waals surface area contributed by atoms with Crippen LogP contribution >= 0.6 is 0 Å². The van der Waals surface area contributed by atoms with Crippen LogP contribution in [0.4, 0.5) is 0 Å². The lowest BCUT2D eigenvalue weighted by Crippen LogP contribution is -2.03. The predicted molar refractivity (Wildman–Crippen MR) is 142 cm³/mol. The molecular weight excluding hydrogens is 466 g/mol. The van der Waals surface area contributed by atoms with E-state index >= 15 is 0 Å². The second-order valence-electron chi connectivity index (χ2n) is 8.77. The molecule has 37 heavy (non-hydrogen) atoms. The van der Waals surface area contributed by atoms with Crippen molar-refractivity contribution in [3.05, 3.63) is 114 Å². The first-order valence-electron chi connectivity index (χ1n) is 12.2. The van der Waals surface area contributed by atoms with Crippen molar-refractivity contribution < 1.29 is 23.8 Å². The van der Waals surface area contributed by atoms with Gasteiger partial charge in [-0.15, -0.1) is 0 Å². The van der Waals surface area contributed by atoms with Gasteiger partial charge in [-0.2, -0.15) is 0 Å². The maximum atomic E-state index is 11.2. The standard InChI is InChI=1S/C31H27NO5/c1-21-28(32-31(37-21)24-8-3-2-4-9-24)20-35-25-14-11-22(12-15-25)19-36-29-17-13-23-7-5-6-10-26(23)27(29)16-18-30(33)34/h2-15,17H,16,18-20H2,1H3,(H,33,34). The van der Waals surface area contributed by atoms with E-state index < -0.39 is 5.97 Å². The number of ether oxygens (including phenoxy) is 2. The van der Waals surface area contributed by atoms with E-state index in [1.165, 1.54) is 0 Å². The van der Waals surface area contributed by atoms with Crippen molar-refractivity contribution in [1.29, 1.82) is 0 Å². The molecule has 6 nitrogen and oxygen atoms in total. The fourth-order valence-electron chi connectivity index (χ4n) is 4.20. The van der Waals surface area contributed by atoms with Gasteiger partial charge in [0.2, 0.25) is 5.89 Å². The third kappa shape index (κ3) is 5.81. The molecule has 5 rings (SSSR count). The van der Waals surface area contributed by atoms with Crippen LogP contribution < -0.4 is 9.47 Å². The van der Waals surface area contributed by atoms with Gasteiger partial charge in [-0.05, 0) is 60.0 Å². The Morgan fingerprint density at radius 1 is 0.865 bits per heavy atom. The summed E-state index contributed by atoms with van der Waals surface area (Å²) in [5, 5.41) is 11.3. The number of hydrogen-bond acceptors (Lipinski definition) is 5. The number of benzene rings is 4. The van der Waals surface area contributed by atoms with Crippen molar-refractivity contribution in [2.75, 3.05) is 0 Å². The monoisotopic (exact) mass is 493 g/mol. The van der Waals surface area contributed by atoms with Crippen molar-refractivity contribution >= 4 is 16.7 Å². The third-order valence-corrected chi connectivity index (χ3v) is 6.19. The molecule has 1 heterocycles. The second-order valence-corrected chi connectivity index (χ2v) is 8.77. The zero-order valence-corrected chi connectivity index (χ0v) is 20.5. The largest absolute Gasteiger partial charge is 0.489 e. The maximum Gasteiger partial charge on any atom is 0.303 e. The Kier molecular flexibility index (Phi) is 7.17. The normalized spacial score (nSPS) is 10.9. The average molecular weight is 494 g/mol. The number of hydrogen-bond donors (Lipinski definition) is 1. The number of aromatic nitrogens is 1. The summed E-state index contributed by atoms with van der Waals surface area (Å²) in [6.45, 7) is 2.56. The van der Waals surface area contributed by atoms with E-state index in [2.05, 4.69) is 4.98 Å². The molecule has 0 fully saturated rings. The van der Waals surface area contributed by atoms with Crippen LogP contribution in [-0.2, 0) is 24.4 Å². The molecule has 1 aromatic heterocycles. The number of aliphatic carboxylic acids is 1. The Morgan fingerprint density at radius 3 is 2.41 bits per heavy atom. The van der Waals surface area contributed by atoms with Gasteiger partial charge < -0.3 is 19.0 Å². The van der Waals surface area contributed by atoms with Crippen LogP contribution in [0.3, 0.4) is 0 Å². The van der Waals surface area contributed by atoms with Crippen molar-refractivity contribution in [2.45, 2.75) is 33.0 Å². The summed E-state index contributed by atoms with van der Waals surface area (Å²) < 4.78 is 17.9. The maximum absolute atomic E-state index is 11.2. The number of oxazole rings is 1. The summed E-state index contributed by atoms with van der Waals surface area (Å²) in [4.78, 5) is 15.8. The molecule has 6 heteroatoms. The first kappa shape index (κ1) is 24.1. The molecule has 0 atom stereocenters. The van der Waals surface area contributed by atoms with Crippen molar-refractivity contribution in [1.82, 2.24) is 4.98 Å². The van der Waals surface area contributed by atoms with Gasteiger partial charge in [0.15, 0.2) is 0 Å². The quantitative estimate of drug-likeness (QED) is 0.226. The fraction of sp³-hybridized carbons (Fsp3) is 0.161. The Labute approximate surface area is 215 Å². The van der Waals surface area contributed by atoms with Gasteiger partial charge >= 0.3 is 5.97 Å². The highest BCUT2D eigenvalue weighted by Crippen LogP contribution is 2.30. The first-order valence-corrected chi connectivity index (χ1v) is 12.2. The lowest BCUT2D eigenvalue weighted by atomic mass is 9.99. The molecule has 0 amide bonds. The van der Waals surface area contributed by atoms with Crippen molar-refractivity contribution in [3.8, 4) is 23.0 Å². The second kappa shape index (κ2) is 11.0. The van der Waals surface area contributed by atoms with E-state index in [9.17, 15) is 9.90 Å². The molecule has 186 valence electrons. The summed E-state index contributed by atoms with van der Waals surface area (Å²) in [6, 6.07) is 29.4. The van der Waals surface area contributed by atoms with Crippen molar-refractivity contribution in [2.24, 2.45) is 0 Å². The highest BCUT2D eigenvalue weighted by atomic mass is 16.5. The molecule has 0 aliphatic heterocycles. The summed E-state index contributed by atoms with van der Waals surface area (Å²) in [7, 11) is 0. The SMILES string of the molecule is Cc1oc(-c2ccccc2)nc1COc1ccc(COc2ccc3ccccc3c2CCC(=O)O)cc1. The smallest absolute Gasteiger partial charge is 0.303 e. The zero-order valence-electron chi connectivity index (χ0n) is 20.5.